The Hall–Kier alpha value is -2.04. The molecule has 3 amide bonds. The summed E-state index contributed by atoms with van der Waals surface area (Å²) < 4.78 is 0. The third-order valence-electron chi connectivity index (χ3n) is 6.22. The van der Waals surface area contributed by atoms with Gasteiger partial charge in [-0.05, 0) is 69.9 Å². The molecule has 0 spiro atoms. The summed E-state index contributed by atoms with van der Waals surface area (Å²) in [6.07, 6.45) is 7.08. The highest BCUT2D eigenvalue weighted by atomic mass is 16.2. The van der Waals surface area contributed by atoms with Gasteiger partial charge in [0.25, 0.3) is 0 Å². The zero-order chi connectivity index (χ0) is 18.3. The van der Waals surface area contributed by atoms with Gasteiger partial charge in [-0.3, -0.25) is 4.79 Å². The number of piperidine rings is 2. The minimum absolute atomic E-state index is 0.0177. The Bertz CT molecular complexity index is 679. The summed E-state index contributed by atoms with van der Waals surface area (Å²) in [6.45, 7) is 4.06. The van der Waals surface area contributed by atoms with Crippen LogP contribution in [-0.2, 0) is 4.79 Å². The average Bonchev–Trinajstić information content (AvgIpc) is 3.42. The first-order valence-electron chi connectivity index (χ1n) is 9.99. The molecule has 3 fully saturated rings. The average molecular weight is 355 g/mol. The summed E-state index contributed by atoms with van der Waals surface area (Å²) in [4.78, 5) is 27.2. The normalized spacial score (nSPS) is 27.8. The fourth-order valence-corrected chi connectivity index (χ4v) is 4.68. The van der Waals surface area contributed by atoms with Gasteiger partial charge in [0, 0.05) is 29.7 Å². The second-order valence-electron chi connectivity index (χ2n) is 8.29. The fourth-order valence-electron chi connectivity index (χ4n) is 4.68. The molecule has 1 aromatic carbocycles. The molecule has 3 aliphatic rings. The summed E-state index contributed by atoms with van der Waals surface area (Å²) in [7, 11) is 0. The number of amides is 3. The molecule has 1 unspecified atom stereocenters. The van der Waals surface area contributed by atoms with Crippen molar-refractivity contribution in [3.8, 4) is 0 Å². The molecule has 5 nitrogen and oxygen atoms in total. The third-order valence-corrected chi connectivity index (χ3v) is 6.22. The van der Waals surface area contributed by atoms with Crippen LogP contribution in [0.2, 0.25) is 0 Å². The number of hydrogen-bond donors (Lipinski definition) is 2. The predicted octanol–water partition coefficient (Wildman–Crippen LogP) is 3.75. The quantitative estimate of drug-likeness (QED) is 0.867. The molecule has 2 heterocycles. The van der Waals surface area contributed by atoms with Crippen molar-refractivity contribution in [2.45, 2.75) is 76.9 Å². The lowest BCUT2D eigenvalue weighted by atomic mass is 9.82. The van der Waals surface area contributed by atoms with Crippen molar-refractivity contribution in [3.05, 3.63) is 29.3 Å². The summed E-state index contributed by atoms with van der Waals surface area (Å²) in [5.41, 5.74) is 3.12. The van der Waals surface area contributed by atoms with Gasteiger partial charge in [-0.15, -0.1) is 0 Å². The third kappa shape index (κ3) is 3.44. The molecular weight excluding hydrogens is 326 g/mol. The van der Waals surface area contributed by atoms with Gasteiger partial charge in [0.2, 0.25) is 5.91 Å². The van der Waals surface area contributed by atoms with Crippen LogP contribution < -0.4 is 10.6 Å². The molecule has 2 aliphatic heterocycles. The number of benzene rings is 1. The van der Waals surface area contributed by atoms with Gasteiger partial charge in [0.1, 0.15) is 0 Å². The highest BCUT2D eigenvalue weighted by Gasteiger charge is 2.42. The molecule has 2 bridgehead atoms. The topological polar surface area (TPSA) is 61.4 Å². The molecule has 5 heteroatoms. The van der Waals surface area contributed by atoms with Crippen molar-refractivity contribution in [2.24, 2.45) is 5.92 Å². The van der Waals surface area contributed by atoms with Crippen LogP contribution >= 0.6 is 0 Å². The maximum Gasteiger partial charge on any atom is 0.322 e. The van der Waals surface area contributed by atoms with E-state index in [4.69, 9.17) is 0 Å². The first-order valence-corrected chi connectivity index (χ1v) is 9.99. The van der Waals surface area contributed by atoms with Gasteiger partial charge in [0.05, 0.1) is 0 Å². The molecule has 2 saturated heterocycles. The molecule has 3 atom stereocenters. The molecule has 1 aromatic rings. The second-order valence-corrected chi connectivity index (χ2v) is 8.29. The molecule has 0 aromatic heterocycles. The molecular formula is C21H29N3O2. The molecule has 1 saturated carbocycles. The zero-order valence-corrected chi connectivity index (χ0v) is 15.8. The van der Waals surface area contributed by atoms with Crippen LogP contribution in [0.15, 0.2) is 18.2 Å². The molecule has 2 N–H and O–H groups in total. The largest absolute Gasteiger partial charge is 0.353 e. The Morgan fingerprint density at radius 1 is 1.00 bits per heavy atom. The first-order chi connectivity index (χ1) is 12.5. The minimum Gasteiger partial charge on any atom is -0.353 e. The minimum atomic E-state index is 0.0177. The van der Waals surface area contributed by atoms with E-state index in [2.05, 4.69) is 15.5 Å². The van der Waals surface area contributed by atoms with Crippen molar-refractivity contribution in [3.63, 3.8) is 0 Å². The Kier molecular flexibility index (Phi) is 4.63. The van der Waals surface area contributed by atoms with Gasteiger partial charge >= 0.3 is 6.03 Å². The van der Waals surface area contributed by atoms with E-state index < -0.39 is 0 Å². The van der Waals surface area contributed by atoms with E-state index in [1.807, 2.05) is 32.0 Å². The number of nitrogens with one attached hydrogen (secondary N) is 2. The predicted molar refractivity (Wildman–Crippen MR) is 102 cm³/mol. The maximum atomic E-state index is 13.1. The standard InChI is InChI=1S/C21H29N3O2/c1-13-5-3-6-14(2)19(13)23-21(26)24-17-7-4-8-18(24)12-16(11-17)22-20(25)15-9-10-15/h3,5-6,15-18H,4,7-12H2,1-2H3,(H,22,25)(H,23,26)/t16?,17-,18+. The SMILES string of the molecule is Cc1cccc(C)c1NC(=O)N1[C@@H]2CCC[C@H]1CC(NC(=O)C1CC1)C2. The van der Waals surface area contributed by atoms with Gasteiger partial charge in [-0.2, -0.15) is 0 Å². The maximum absolute atomic E-state index is 13.1. The summed E-state index contributed by atoms with van der Waals surface area (Å²) >= 11 is 0. The smallest absolute Gasteiger partial charge is 0.322 e. The Labute approximate surface area is 155 Å². The number of urea groups is 1. The van der Waals surface area contributed by atoms with E-state index in [9.17, 15) is 9.59 Å². The lowest BCUT2D eigenvalue weighted by molar-refractivity contribution is -0.123. The van der Waals surface area contributed by atoms with Crippen LogP contribution in [0, 0.1) is 19.8 Å². The highest BCUT2D eigenvalue weighted by Crippen LogP contribution is 2.36. The highest BCUT2D eigenvalue weighted by molar-refractivity contribution is 5.91. The number of carbonyl (C=O) groups excluding carboxylic acids is 2. The van der Waals surface area contributed by atoms with Crippen LogP contribution in [0.1, 0.15) is 56.1 Å². The summed E-state index contributed by atoms with van der Waals surface area (Å²) in [5.74, 6) is 0.474. The van der Waals surface area contributed by atoms with Crippen molar-refractivity contribution < 1.29 is 9.59 Å². The van der Waals surface area contributed by atoms with Gasteiger partial charge < -0.3 is 15.5 Å². The number of fused-ring (bicyclic) bond motifs is 2. The molecule has 0 radical (unpaired) electrons. The number of nitrogens with zero attached hydrogens (tertiary/aromatic N) is 1. The van der Waals surface area contributed by atoms with Crippen molar-refractivity contribution in [1.82, 2.24) is 10.2 Å². The van der Waals surface area contributed by atoms with Gasteiger partial charge in [-0.1, -0.05) is 18.2 Å². The van der Waals surface area contributed by atoms with E-state index in [0.717, 1.165) is 55.3 Å². The van der Waals surface area contributed by atoms with Crippen molar-refractivity contribution in [2.75, 3.05) is 5.32 Å². The second kappa shape index (κ2) is 6.93. The van der Waals surface area contributed by atoms with E-state index >= 15 is 0 Å². The Balaban J connectivity index is 1.45. The summed E-state index contributed by atoms with van der Waals surface area (Å²) in [5, 5.41) is 6.40. The number of aryl methyl sites for hydroxylation is 2. The summed E-state index contributed by atoms with van der Waals surface area (Å²) in [6, 6.07) is 6.79. The van der Waals surface area contributed by atoms with Crippen LogP contribution in [0.5, 0.6) is 0 Å². The van der Waals surface area contributed by atoms with Crippen molar-refractivity contribution in [1.29, 1.82) is 0 Å². The van der Waals surface area contributed by atoms with Crippen LogP contribution in [0.4, 0.5) is 10.5 Å². The number of carbonyl (C=O) groups is 2. The van der Waals surface area contributed by atoms with E-state index in [1.165, 1.54) is 6.42 Å². The molecule has 1 aliphatic carbocycles. The number of rotatable bonds is 3. The van der Waals surface area contributed by atoms with E-state index in [0.29, 0.717) is 0 Å². The van der Waals surface area contributed by atoms with Crippen molar-refractivity contribution >= 4 is 17.6 Å². The number of para-hydroxylation sites is 1. The van der Waals surface area contributed by atoms with Gasteiger partial charge in [0.15, 0.2) is 0 Å². The van der Waals surface area contributed by atoms with Crippen LogP contribution in [-0.4, -0.2) is 35.0 Å². The molecule has 140 valence electrons. The Morgan fingerprint density at radius 2 is 1.62 bits per heavy atom. The lowest BCUT2D eigenvalue weighted by Gasteiger charge is -2.48. The van der Waals surface area contributed by atoms with E-state index in [1.54, 1.807) is 0 Å². The van der Waals surface area contributed by atoms with Crippen LogP contribution in [0.3, 0.4) is 0 Å². The number of anilines is 1. The number of hydrogen-bond acceptors (Lipinski definition) is 2. The first kappa shape index (κ1) is 17.4. The molecule has 26 heavy (non-hydrogen) atoms. The Morgan fingerprint density at radius 3 is 2.19 bits per heavy atom. The molecule has 4 rings (SSSR count). The zero-order valence-electron chi connectivity index (χ0n) is 15.8. The lowest BCUT2D eigenvalue weighted by Crippen LogP contribution is -2.59. The van der Waals surface area contributed by atoms with Crippen LogP contribution in [0.25, 0.3) is 0 Å². The van der Waals surface area contributed by atoms with Gasteiger partial charge in [-0.25, -0.2) is 4.79 Å². The van der Waals surface area contributed by atoms with E-state index in [-0.39, 0.29) is 36.0 Å². The fraction of sp³-hybridized carbons (Fsp3) is 0.619. The monoisotopic (exact) mass is 355 g/mol.